The minimum atomic E-state index is -0.176. The molecular weight excluding hydrogens is 270 g/mol. The standard InChI is InChI=1S/C15H21N3O3/c19-15(16-6-9-18-7-2-1-3-8-18)17-12-4-5-13-14(10-12)21-11-20-13/h4-5,10H,1-3,6-9,11H2,(H2,16,17,19)/p+1. The lowest BCUT2D eigenvalue weighted by atomic mass is 10.1. The van der Waals surface area contributed by atoms with Crippen LogP contribution in [0.5, 0.6) is 11.5 Å². The van der Waals surface area contributed by atoms with Gasteiger partial charge in [-0.05, 0) is 31.4 Å². The Morgan fingerprint density at radius 2 is 1.95 bits per heavy atom. The van der Waals surface area contributed by atoms with Gasteiger partial charge in [-0.1, -0.05) is 0 Å². The van der Waals surface area contributed by atoms with Gasteiger partial charge in [0.1, 0.15) is 0 Å². The Labute approximate surface area is 124 Å². The van der Waals surface area contributed by atoms with Crippen molar-refractivity contribution >= 4 is 11.7 Å². The van der Waals surface area contributed by atoms with E-state index in [1.807, 2.05) is 6.07 Å². The summed E-state index contributed by atoms with van der Waals surface area (Å²) in [6.45, 7) is 4.39. The second-order valence-corrected chi connectivity index (χ2v) is 5.51. The number of nitrogens with one attached hydrogen (secondary N) is 3. The minimum Gasteiger partial charge on any atom is -0.454 e. The quantitative estimate of drug-likeness (QED) is 0.762. The molecular formula is C15H22N3O3+. The molecule has 3 rings (SSSR count). The third-order valence-corrected chi connectivity index (χ3v) is 3.96. The van der Waals surface area contributed by atoms with E-state index in [0.717, 1.165) is 12.3 Å². The number of anilines is 1. The number of hydrogen-bond acceptors (Lipinski definition) is 3. The molecule has 114 valence electrons. The molecule has 1 aromatic rings. The first-order valence-corrected chi connectivity index (χ1v) is 7.59. The van der Waals surface area contributed by atoms with E-state index in [1.165, 1.54) is 32.4 Å². The molecule has 1 aromatic carbocycles. The number of hydrogen-bond donors (Lipinski definition) is 3. The zero-order valence-electron chi connectivity index (χ0n) is 12.1. The molecule has 0 aromatic heterocycles. The van der Waals surface area contributed by atoms with Gasteiger partial charge < -0.3 is 25.0 Å². The van der Waals surface area contributed by atoms with Crippen LogP contribution in [0.1, 0.15) is 19.3 Å². The highest BCUT2D eigenvalue weighted by atomic mass is 16.7. The van der Waals surface area contributed by atoms with E-state index in [1.54, 1.807) is 17.0 Å². The number of amides is 2. The third-order valence-electron chi connectivity index (χ3n) is 3.96. The molecule has 3 N–H and O–H groups in total. The van der Waals surface area contributed by atoms with Gasteiger partial charge in [0, 0.05) is 11.8 Å². The van der Waals surface area contributed by atoms with Crippen molar-refractivity contribution in [3.05, 3.63) is 18.2 Å². The van der Waals surface area contributed by atoms with Crippen LogP contribution in [-0.4, -0.2) is 39.0 Å². The molecule has 0 saturated carbocycles. The zero-order chi connectivity index (χ0) is 14.5. The summed E-state index contributed by atoms with van der Waals surface area (Å²) in [5, 5.41) is 5.72. The van der Waals surface area contributed by atoms with Gasteiger partial charge in [-0.15, -0.1) is 0 Å². The predicted octanol–water partition coefficient (Wildman–Crippen LogP) is 0.606. The van der Waals surface area contributed by atoms with Gasteiger partial charge in [-0.25, -0.2) is 4.79 Å². The first-order valence-electron chi connectivity index (χ1n) is 7.59. The Balaban J connectivity index is 1.41. The van der Waals surface area contributed by atoms with Gasteiger partial charge >= 0.3 is 6.03 Å². The highest BCUT2D eigenvalue weighted by molar-refractivity contribution is 5.89. The summed E-state index contributed by atoms with van der Waals surface area (Å²) in [4.78, 5) is 13.4. The van der Waals surface area contributed by atoms with Crippen LogP contribution in [0, 0.1) is 0 Å². The van der Waals surface area contributed by atoms with Crippen LogP contribution in [0.15, 0.2) is 18.2 Å². The fourth-order valence-electron chi connectivity index (χ4n) is 2.80. The molecule has 0 bridgehead atoms. The van der Waals surface area contributed by atoms with Crippen molar-refractivity contribution < 1.29 is 19.2 Å². The predicted molar refractivity (Wildman–Crippen MR) is 79.0 cm³/mol. The fourth-order valence-corrected chi connectivity index (χ4v) is 2.80. The molecule has 0 atom stereocenters. The maximum atomic E-state index is 11.9. The average Bonchev–Trinajstić information content (AvgIpc) is 2.96. The van der Waals surface area contributed by atoms with E-state index in [0.29, 0.717) is 18.0 Å². The van der Waals surface area contributed by atoms with Crippen LogP contribution in [0.4, 0.5) is 10.5 Å². The molecule has 1 fully saturated rings. The Morgan fingerprint density at radius 3 is 2.81 bits per heavy atom. The lowest BCUT2D eigenvalue weighted by Gasteiger charge is -2.23. The monoisotopic (exact) mass is 292 g/mol. The summed E-state index contributed by atoms with van der Waals surface area (Å²) in [7, 11) is 0. The molecule has 2 aliphatic heterocycles. The van der Waals surface area contributed by atoms with Gasteiger partial charge in [0.2, 0.25) is 6.79 Å². The number of carbonyl (C=O) groups is 1. The fraction of sp³-hybridized carbons (Fsp3) is 0.533. The molecule has 0 aliphatic carbocycles. The number of rotatable bonds is 4. The summed E-state index contributed by atoms with van der Waals surface area (Å²) in [5.41, 5.74) is 0.710. The number of ether oxygens (including phenoxy) is 2. The Kier molecular flexibility index (Phi) is 4.45. The van der Waals surface area contributed by atoms with E-state index in [4.69, 9.17) is 9.47 Å². The van der Waals surface area contributed by atoms with Crippen LogP contribution in [0.25, 0.3) is 0 Å². The second-order valence-electron chi connectivity index (χ2n) is 5.51. The number of quaternary nitrogens is 1. The molecule has 6 nitrogen and oxygen atoms in total. The SMILES string of the molecule is O=C(NCC[NH+]1CCCCC1)Nc1ccc2c(c1)OCO2. The highest BCUT2D eigenvalue weighted by Gasteiger charge is 2.15. The third kappa shape index (κ3) is 3.78. The maximum absolute atomic E-state index is 11.9. The number of likely N-dealkylation sites (tertiary alicyclic amines) is 1. The summed E-state index contributed by atoms with van der Waals surface area (Å²) in [6, 6.07) is 5.21. The summed E-state index contributed by atoms with van der Waals surface area (Å²) in [5.74, 6) is 1.39. The van der Waals surface area contributed by atoms with Crippen molar-refractivity contribution in [2.75, 3.05) is 38.3 Å². The van der Waals surface area contributed by atoms with Crippen LogP contribution in [0.3, 0.4) is 0 Å². The van der Waals surface area contributed by atoms with Gasteiger partial charge in [0.05, 0.1) is 26.2 Å². The van der Waals surface area contributed by atoms with E-state index in [9.17, 15) is 4.79 Å². The lowest BCUT2D eigenvalue weighted by molar-refractivity contribution is -0.903. The van der Waals surface area contributed by atoms with Crippen molar-refractivity contribution in [2.45, 2.75) is 19.3 Å². The molecule has 6 heteroatoms. The van der Waals surface area contributed by atoms with E-state index in [-0.39, 0.29) is 12.8 Å². The summed E-state index contributed by atoms with van der Waals surface area (Å²) >= 11 is 0. The van der Waals surface area contributed by atoms with Crippen molar-refractivity contribution in [1.82, 2.24) is 5.32 Å². The van der Waals surface area contributed by atoms with Gasteiger partial charge in [0.15, 0.2) is 11.5 Å². The van der Waals surface area contributed by atoms with Crippen molar-refractivity contribution in [3.8, 4) is 11.5 Å². The summed E-state index contributed by atoms with van der Waals surface area (Å²) in [6.07, 6.45) is 3.96. The van der Waals surface area contributed by atoms with Crippen LogP contribution < -0.4 is 25.0 Å². The van der Waals surface area contributed by atoms with E-state index in [2.05, 4.69) is 10.6 Å². The Hall–Kier alpha value is -1.95. The van der Waals surface area contributed by atoms with Gasteiger partial charge in [-0.3, -0.25) is 0 Å². The molecule has 0 radical (unpaired) electrons. The minimum absolute atomic E-state index is 0.176. The average molecular weight is 292 g/mol. The van der Waals surface area contributed by atoms with E-state index >= 15 is 0 Å². The highest BCUT2D eigenvalue weighted by Crippen LogP contribution is 2.34. The smallest absolute Gasteiger partial charge is 0.319 e. The largest absolute Gasteiger partial charge is 0.454 e. The molecule has 2 heterocycles. The first-order chi connectivity index (χ1) is 10.3. The number of piperidine rings is 1. The summed E-state index contributed by atoms with van der Waals surface area (Å²) < 4.78 is 10.5. The van der Waals surface area contributed by atoms with Gasteiger partial charge in [0.25, 0.3) is 0 Å². The lowest BCUT2D eigenvalue weighted by Crippen LogP contribution is -3.13. The zero-order valence-corrected chi connectivity index (χ0v) is 12.1. The topological polar surface area (TPSA) is 64.0 Å². The first kappa shape index (κ1) is 14.0. The number of fused-ring (bicyclic) bond motifs is 1. The molecule has 21 heavy (non-hydrogen) atoms. The van der Waals surface area contributed by atoms with Crippen molar-refractivity contribution in [2.24, 2.45) is 0 Å². The second kappa shape index (κ2) is 6.67. The molecule has 0 spiro atoms. The van der Waals surface area contributed by atoms with Crippen LogP contribution in [0.2, 0.25) is 0 Å². The number of carbonyl (C=O) groups excluding carboxylic acids is 1. The van der Waals surface area contributed by atoms with Crippen molar-refractivity contribution in [3.63, 3.8) is 0 Å². The Bertz CT molecular complexity index is 501. The van der Waals surface area contributed by atoms with Gasteiger partial charge in [-0.2, -0.15) is 0 Å². The maximum Gasteiger partial charge on any atom is 0.319 e. The molecule has 2 amide bonds. The Morgan fingerprint density at radius 1 is 1.14 bits per heavy atom. The normalized spacial score (nSPS) is 17.5. The van der Waals surface area contributed by atoms with Crippen molar-refractivity contribution in [1.29, 1.82) is 0 Å². The van der Waals surface area contributed by atoms with E-state index < -0.39 is 0 Å². The molecule has 0 unspecified atom stereocenters. The molecule has 2 aliphatic rings. The van der Waals surface area contributed by atoms with Crippen LogP contribution in [-0.2, 0) is 0 Å². The number of urea groups is 1. The molecule has 1 saturated heterocycles. The number of benzene rings is 1. The van der Waals surface area contributed by atoms with Crippen LogP contribution >= 0.6 is 0 Å².